The topological polar surface area (TPSA) is 86.8 Å². The summed E-state index contributed by atoms with van der Waals surface area (Å²) < 4.78 is 41.3. The van der Waals surface area contributed by atoms with E-state index in [1.54, 1.807) is 6.07 Å². The first-order chi connectivity index (χ1) is 18.9. The first kappa shape index (κ1) is 31.4. The van der Waals surface area contributed by atoms with Gasteiger partial charge in [-0.05, 0) is 43.2 Å². The van der Waals surface area contributed by atoms with Gasteiger partial charge in [0.2, 0.25) is 21.8 Å². The zero-order valence-corrected chi connectivity index (χ0v) is 24.8. The molecule has 2 atom stereocenters. The minimum Gasteiger partial charge on any atom is -0.352 e. The van der Waals surface area contributed by atoms with Crippen LogP contribution in [0.15, 0.2) is 72.8 Å². The van der Waals surface area contributed by atoms with Crippen molar-refractivity contribution in [2.24, 2.45) is 0 Å². The largest absolute Gasteiger partial charge is 0.352 e. The van der Waals surface area contributed by atoms with Gasteiger partial charge >= 0.3 is 0 Å². The van der Waals surface area contributed by atoms with Crippen molar-refractivity contribution in [3.63, 3.8) is 0 Å². The van der Waals surface area contributed by atoms with Gasteiger partial charge in [-0.25, -0.2) is 12.8 Å². The fraction of sp³-hybridized carbons (Fsp3) is 0.310. The number of amides is 2. The molecule has 0 fully saturated rings. The lowest BCUT2D eigenvalue weighted by molar-refractivity contribution is -0.140. The molecular formula is C29H32Cl2FN3O4S. The number of hydrogen-bond acceptors (Lipinski definition) is 4. The van der Waals surface area contributed by atoms with Crippen LogP contribution in [-0.4, -0.2) is 50.0 Å². The summed E-state index contributed by atoms with van der Waals surface area (Å²) in [6, 6.07) is 18.0. The van der Waals surface area contributed by atoms with Gasteiger partial charge in [-0.2, -0.15) is 0 Å². The van der Waals surface area contributed by atoms with Crippen LogP contribution < -0.4 is 9.62 Å². The first-order valence-corrected chi connectivity index (χ1v) is 15.3. The van der Waals surface area contributed by atoms with E-state index in [1.165, 1.54) is 41.3 Å². The first-order valence-electron chi connectivity index (χ1n) is 12.7. The maximum Gasteiger partial charge on any atom is 0.244 e. The van der Waals surface area contributed by atoms with E-state index >= 15 is 0 Å². The number of nitrogens with one attached hydrogen (secondary N) is 1. The third-order valence-corrected chi connectivity index (χ3v) is 8.09. The molecule has 1 N–H and O–H groups in total. The summed E-state index contributed by atoms with van der Waals surface area (Å²) >= 11 is 12.3. The number of nitrogens with zero attached hydrogens (tertiary/aromatic N) is 2. The maximum atomic E-state index is 14.8. The lowest BCUT2D eigenvalue weighted by atomic mass is 10.0. The number of carbonyl (C=O) groups excluding carboxylic acids is 2. The van der Waals surface area contributed by atoms with Crippen LogP contribution in [0.5, 0.6) is 0 Å². The van der Waals surface area contributed by atoms with Crippen molar-refractivity contribution in [1.29, 1.82) is 0 Å². The van der Waals surface area contributed by atoms with Crippen LogP contribution in [0.25, 0.3) is 0 Å². The molecule has 0 saturated carbocycles. The summed E-state index contributed by atoms with van der Waals surface area (Å²) in [5, 5.41) is 3.24. The molecule has 0 aliphatic rings. The van der Waals surface area contributed by atoms with Crippen molar-refractivity contribution < 1.29 is 22.4 Å². The molecule has 2 amide bonds. The zero-order chi connectivity index (χ0) is 29.4. The lowest BCUT2D eigenvalue weighted by Gasteiger charge is -2.34. The van der Waals surface area contributed by atoms with Gasteiger partial charge in [0, 0.05) is 29.6 Å². The average Bonchev–Trinajstić information content (AvgIpc) is 2.90. The molecule has 3 aromatic rings. The standard InChI is InChI=1S/C29H32Cl2FN3O4S/c1-4-20(2)33-29(37)27(16-21-10-6-5-7-11-21)34(18-22-12-8-9-13-25(22)32)28(36)19-35(40(3,38)39)26-15-14-23(30)17-24(26)31/h5-15,17,20,27H,4,16,18-19H2,1-3H3,(H,33,37)/t20-,27-/m1/s1. The van der Waals surface area contributed by atoms with Gasteiger partial charge in [-0.1, -0.05) is 78.7 Å². The third kappa shape index (κ3) is 8.43. The molecule has 11 heteroatoms. The van der Waals surface area contributed by atoms with Crippen LogP contribution in [0.4, 0.5) is 10.1 Å². The fourth-order valence-corrected chi connectivity index (χ4v) is 5.51. The van der Waals surface area contributed by atoms with Gasteiger partial charge in [-0.15, -0.1) is 0 Å². The molecule has 0 aliphatic heterocycles. The maximum absolute atomic E-state index is 14.8. The molecule has 0 heterocycles. The number of hydrogen-bond donors (Lipinski definition) is 1. The molecule has 0 aliphatic carbocycles. The normalized spacial score (nSPS) is 12.8. The highest BCUT2D eigenvalue weighted by atomic mass is 35.5. The second-order valence-electron chi connectivity index (χ2n) is 9.50. The van der Waals surface area contributed by atoms with E-state index in [-0.39, 0.29) is 35.3 Å². The van der Waals surface area contributed by atoms with Gasteiger partial charge in [-0.3, -0.25) is 13.9 Å². The quantitative estimate of drug-likeness (QED) is 0.296. The van der Waals surface area contributed by atoms with E-state index in [0.717, 1.165) is 16.1 Å². The predicted molar refractivity (Wildman–Crippen MR) is 157 cm³/mol. The van der Waals surface area contributed by atoms with Crippen molar-refractivity contribution >= 4 is 50.7 Å². The number of halogens is 3. The molecule has 0 radical (unpaired) electrons. The second kappa shape index (κ2) is 14.0. The van der Waals surface area contributed by atoms with Crippen LogP contribution in [0.2, 0.25) is 10.0 Å². The highest BCUT2D eigenvalue weighted by Gasteiger charge is 2.34. The van der Waals surface area contributed by atoms with E-state index in [1.807, 2.05) is 44.2 Å². The molecule has 3 rings (SSSR count). The Balaban J connectivity index is 2.09. The zero-order valence-electron chi connectivity index (χ0n) is 22.5. The number of anilines is 1. The lowest BCUT2D eigenvalue weighted by Crippen LogP contribution is -2.54. The Morgan fingerprint density at radius 3 is 2.25 bits per heavy atom. The third-order valence-electron chi connectivity index (χ3n) is 6.43. The summed E-state index contributed by atoms with van der Waals surface area (Å²) in [6.45, 7) is 2.83. The Labute approximate surface area is 244 Å². The molecule has 214 valence electrons. The molecule has 0 saturated heterocycles. The van der Waals surface area contributed by atoms with Gasteiger partial charge in [0.1, 0.15) is 18.4 Å². The SMILES string of the molecule is CC[C@@H](C)NC(=O)[C@@H](Cc1ccccc1)N(Cc1ccccc1F)C(=O)CN(c1ccc(Cl)cc1Cl)S(C)(=O)=O. The van der Waals surface area contributed by atoms with E-state index in [2.05, 4.69) is 5.32 Å². The monoisotopic (exact) mass is 607 g/mol. The molecule has 3 aromatic carbocycles. The highest BCUT2D eigenvalue weighted by molar-refractivity contribution is 7.92. The molecule has 7 nitrogen and oxygen atoms in total. The second-order valence-corrected chi connectivity index (χ2v) is 12.3. The minimum absolute atomic E-state index is 0.0294. The predicted octanol–water partition coefficient (Wildman–Crippen LogP) is 5.45. The Hall–Kier alpha value is -3.14. The Morgan fingerprint density at radius 2 is 1.65 bits per heavy atom. The van der Waals surface area contributed by atoms with E-state index in [4.69, 9.17) is 23.2 Å². The summed E-state index contributed by atoms with van der Waals surface area (Å²) in [7, 11) is -4.01. The number of carbonyl (C=O) groups is 2. The molecule has 0 spiro atoms. The smallest absolute Gasteiger partial charge is 0.244 e. The summed E-state index contributed by atoms with van der Waals surface area (Å²) in [6.07, 6.45) is 1.73. The fourth-order valence-electron chi connectivity index (χ4n) is 4.08. The molecule has 40 heavy (non-hydrogen) atoms. The van der Waals surface area contributed by atoms with Crippen LogP contribution in [0.1, 0.15) is 31.4 Å². The van der Waals surface area contributed by atoms with Crippen molar-refractivity contribution in [3.05, 3.63) is 99.8 Å². The van der Waals surface area contributed by atoms with E-state index in [0.29, 0.717) is 11.4 Å². The van der Waals surface area contributed by atoms with Crippen molar-refractivity contribution in [2.75, 3.05) is 17.1 Å². The van der Waals surface area contributed by atoms with Gasteiger partial charge < -0.3 is 10.2 Å². The average molecular weight is 609 g/mol. The molecular weight excluding hydrogens is 576 g/mol. The van der Waals surface area contributed by atoms with E-state index in [9.17, 15) is 22.4 Å². The molecule has 0 unspecified atom stereocenters. The van der Waals surface area contributed by atoms with Gasteiger partial charge in [0.25, 0.3) is 0 Å². The van der Waals surface area contributed by atoms with Crippen LogP contribution in [0, 0.1) is 5.82 Å². The Bertz CT molecular complexity index is 1440. The summed E-state index contributed by atoms with van der Waals surface area (Å²) in [5.74, 6) is -1.69. The summed E-state index contributed by atoms with van der Waals surface area (Å²) in [5.41, 5.74) is 1.01. The van der Waals surface area contributed by atoms with Crippen LogP contribution in [0.3, 0.4) is 0 Å². The number of benzene rings is 3. The Morgan fingerprint density at radius 1 is 1.00 bits per heavy atom. The van der Waals surface area contributed by atoms with E-state index < -0.39 is 40.2 Å². The highest BCUT2D eigenvalue weighted by Crippen LogP contribution is 2.30. The summed E-state index contributed by atoms with van der Waals surface area (Å²) in [4.78, 5) is 28.9. The van der Waals surface area contributed by atoms with Crippen LogP contribution >= 0.6 is 23.2 Å². The van der Waals surface area contributed by atoms with Crippen LogP contribution in [-0.2, 0) is 32.6 Å². The van der Waals surface area contributed by atoms with Crippen molar-refractivity contribution in [1.82, 2.24) is 10.2 Å². The Kier molecular flexibility index (Phi) is 11.0. The molecule has 0 bridgehead atoms. The molecule has 0 aromatic heterocycles. The number of rotatable bonds is 12. The van der Waals surface area contributed by atoms with Gasteiger partial charge in [0.15, 0.2) is 0 Å². The van der Waals surface area contributed by atoms with Crippen molar-refractivity contribution in [2.45, 2.75) is 45.3 Å². The number of sulfonamides is 1. The van der Waals surface area contributed by atoms with Crippen molar-refractivity contribution in [3.8, 4) is 0 Å². The minimum atomic E-state index is -4.01. The van der Waals surface area contributed by atoms with Gasteiger partial charge in [0.05, 0.1) is 17.0 Å².